The Morgan fingerprint density at radius 3 is 1.29 bits per heavy atom. The number of amides is 1. The number of phosphoric acid groups is 1. The maximum absolute atomic E-state index is 13.5. The fraction of sp³-hybridized carbons (Fsp3) is 0.727. The van der Waals surface area contributed by atoms with Crippen LogP contribution < -0.4 is 5.32 Å². The number of ether oxygens (including phenoxy) is 1. The molecule has 3 atom stereocenters. The predicted octanol–water partition coefficient (Wildman–Crippen LogP) is 19.2. The maximum atomic E-state index is 13.5. The summed E-state index contributed by atoms with van der Waals surface area (Å²) in [7, 11) is 1.44. The number of hydrogen-bond donors (Lipinski definition) is 2. The van der Waals surface area contributed by atoms with Gasteiger partial charge in [0.05, 0.1) is 33.8 Å². The first-order chi connectivity index (χ1) is 36.9. The van der Waals surface area contributed by atoms with Crippen LogP contribution in [0.15, 0.2) is 97.2 Å². The molecule has 0 saturated carbocycles. The highest BCUT2D eigenvalue weighted by Gasteiger charge is 2.30. The van der Waals surface area contributed by atoms with Crippen LogP contribution in [0.2, 0.25) is 0 Å². The Morgan fingerprint density at radius 1 is 0.474 bits per heavy atom. The van der Waals surface area contributed by atoms with E-state index < -0.39 is 20.0 Å². The topological polar surface area (TPSA) is 111 Å². The Hall–Kier alpha value is -3.07. The van der Waals surface area contributed by atoms with Crippen molar-refractivity contribution in [3.05, 3.63) is 97.2 Å². The lowest BCUT2D eigenvalue weighted by molar-refractivity contribution is -0.870. The van der Waals surface area contributed by atoms with Crippen LogP contribution in [0, 0.1) is 0 Å². The molecule has 0 rings (SSSR count). The van der Waals surface area contributed by atoms with Gasteiger partial charge in [0.15, 0.2) is 0 Å². The van der Waals surface area contributed by atoms with Crippen molar-refractivity contribution in [1.29, 1.82) is 0 Å². The van der Waals surface area contributed by atoms with Gasteiger partial charge in [-0.15, -0.1) is 0 Å². The normalized spacial score (nSPS) is 14.4. The fourth-order valence-corrected chi connectivity index (χ4v) is 9.22. The molecule has 0 aliphatic rings. The van der Waals surface area contributed by atoms with E-state index in [2.05, 4.69) is 105 Å². The quantitative estimate of drug-likeness (QED) is 0.0205. The van der Waals surface area contributed by atoms with Gasteiger partial charge in [0, 0.05) is 12.8 Å². The van der Waals surface area contributed by atoms with E-state index in [1.54, 1.807) is 0 Å². The smallest absolute Gasteiger partial charge is 0.456 e. The summed E-state index contributed by atoms with van der Waals surface area (Å²) in [5.41, 5.74) is 0. The minimum atomic E-state index is -4.47. The first kappa shape index (κ1) is 72.9. The SMILES string of the molecule is CC/C=C\C/C=C\C/C=C\C/C=C\C/C=C\C/C=C\CCC(=O)NC(COP(=O)(O)OCC[N+](C)(C)C)C(/C=C/CCCCCCCCCCCC)OC(=O)CCCCCCCCCCC/C=C/CCCCCCCC. The van der Waals surface area contributed by atoms with Crippen molar-refractivity contribution < 1.29 is 37.3 Å². The van der Waals surface area contributed by atoms with Gasteiger partial charge < -0.3 is 19.4 Å². The zero-order valence-corrected chi connectivity index (χ0v) is 50.9. The third-order valence-corrected chi connectivity index (χ3v) is 14.3. The molecule has 0 aromatic rings. The lowest BCUT2D eigenvalue weighted by Gasteiger charge is -2.27. The summed E-state index contributed by atoms with van der Waals surface area (Å²) in [5, 5.41) is 3.00. The Bertz CT molecular complexity index is 1620. The largest absolute Gasteiger partial charge is 0.472 e. The van der Waals surface area contributed by atoms with Gasteiger partial charge in [-0.3, -0.25) is 18.6 Å². The lowest BCUT2D eigenvalue weighted by atomic mass is 10.0. The Kier molecular flexibility index (Phi) is 53.0. The Balaban J connectivity index is 5.37. The second-order valence-electron chi connectivity index (χ2n) is 21.8. The number of quaternary nitrogens is 1. The van der Waals surface area contributed by atoms with Crippen LogP contribution in [0.25, 0.3) is 0 Å². The molecule has 1 amide bonds. The predicted molar refractivity (Wildman–Crippen MR) is 327 cm³/mol. The second-order valence-corrected chi connectivity index (χ2v) is 23.3. The van der Waals surface area contributed by atoms with Crippen LogP contribution in [-0.4, -0.2) is 74.3 Å². The number of nitrogens with zero attached hydrogens (tertiary/aromatic N) is 1. The standard InChI is InChI=1S/C66H117N2O7P/c1-7-10-13-16-19-22-25-28-30-32-34-36-38-40-43-46-49-52-55-58-65(69)67-63(62-74-76(71,72)73-61-60-68(4,5)6)64(57-54-51-48-45-42-27-24-21-18-15-12-9-3)75-66(70)59-56-53-50-47-44-41-39-37-35-33-31-29-26-23-20-17-14-11-8-2/h10,13,19,22,28-31,34,36,40,43,49,52,54,57,63-64H,7-9,11-12,14-18,20-21,23-27,32-33,35,37-39,41-42,44-48,50-51,53,55-56,58-62H2,1-6H3,(H-,67,69,71,72)/p+1/b13-10-,22-19-,30-28-,31-29+,36-34-,43-40-,52-49-,57-54+. The first-order valence-electron chi connectivity index (χ1n) is 31.1. The highest BCUT2D eigenvalue weighted by atomic mass is 31.2. The third kappa shape index (κ3) is 55.7. The van der Waals surface area contributed by atoms with Gasteiger partial charge in [0.25, 0.3) is 0 Å². The minimum absolute atomic E-state index is 0.0225. The summed E-state index contributed by atoms with van der Waals surface area (Å²) < 4.78 is 30.6. The number of carbonyl (C=O) groups excluding carboxylic acids is 2. The van der Waals surface area contributed by atoms with Crippen LogP contribution in [-0.2, 0) is 27.9 Å². The number of rotatable bonds is 55. The number of likely N-dealkylation sites (N-methyl/N-ethyl adjacent to an activating group) is 1. The molecule has 0 fully saturated rings. The number of carbonyl (C=O) groups is 2. The average Bonchev–Trinajstić information content (AvgIpc) is 3.38. The van der Waals surface area contributed by atoms with Crippen molar-refractivity contribution in [3.8, 4) is 0 Å². The third-order valence-electron chi connectivity index (χ3n) is 13.3. The number of hydrogen-bond acceptors (Lipinski definition) is 6. The van der Waals surface area contributed by atoms with Crippen molar-refractivity contribution in [1.82, 2.24) is 5.32 Å². The van der Waals surface area contributed by atoms with Crippen molar-refractivity contribution in [3.63, 3.8) is 0 Å². The van der Waals surface area contributed by atoms with E-state index in [1.165, 1.54) is 141 Å². The first-order valence-corrected chi connectivity index (χ1v) is 32.6. The van der Waals surface area contributed by atoms with Crippen LogP contribution >= 0.6 is 7.82 Å². The molecule has 0 spiro atoms. The van der Waals surface area contributed by atoms with Gasteiger partial charge in [-0.1, -0.05) is 247 Å². The second kappa shape index (κ2) is 55.3. The number of nitrogens with one attached hydrogen (secondary N) is 1. The van der Waals surface area contributed by atoms with Gasteiger partial charge in [-0.25, -0.2) is 4.57 Å². The summed E-state index contributed by atoms with van der Waals surface area (Å²) in [6.07, 6.45) is 74.2. The molecule has 0 aromatic heterocycles. The number of phosphoric ester groups is 1. The van der Waals surface area contributed by atoms with Crippen LogP contribution in [0.4, 0.5) is 0 Å². The molecule has 0 heterocycles. The highest BCUT2D eigenvalue weighted by Crippen LogP contribution is 2.43. The molecule has 0 bridgehead atoms. The van der Waals surface area contributed by atoms with Crippen molar-refractivity contribution in [2.75, 3.05) is 40.9 Å². The number of allylic oxidation sites excluding steroid dienone is 15. The zero-order valence-electron chi connectivity index (χ0n) is 50.0. The molecule has 76 heavy (non-hydrogen) atoms. The van der Waals surface area contributed by atoms with E-state index in [0.717, 1.165) is 77.0 Å². The summed E-state index contributed by atoms with van der Waals surface area (Å²) >= 11 is 0. The molecule has 3 unspecified atom stereocenters. The van der Waals surface area contributed by atoms with Crippen LogP contribution in [0.3, 0.4) is 0 Å². The van der Waals surface area contributed by atoms with E-state index >= 15 is 0 Å². The molecular weight excluding hydrogens is 964 g/mol. The molecule has 9 nitrogen and oxygen atoms in total. The molecular formula is C66H118N2O7P+. The Morgan fingerprint density at radius 2 is 0.855 bits per heavy atom. The fourth-order valence-electron chi connectivity index (χ4n) is 8.49. The minimum Gasteiger partial charge on any atom is -0.456 e. The maximum Gasteiger partial charge on any atom is 0.472 e. The molecule has 0 saturated heterocycles. The van der Waals surface area contributed by atoms with Crippen LogP contribution in [0.1, 0.15) is 258 Å². The van der Waals surface area contributed by atoms with Gasteiger partial charge in [0.2, 0.25) is 5.91 Å². The van der Waals surface area contributed by atoms with Crippen molar-refractivity contribution in [2.24, 2.45) is 0 Å². The summed E-state index contributed by atoms with van der Waals surface area (Å²) in [6.45, 7) is 6.83. The van der Waals surface area contributed by atoms with Crippen molar-refractivity contribution in [2.45, 2.75) is 270 Å². The molecule has 438 valence electrons. The molecule has 2 N–H and O–H groups in total. The molecule has 10 heteroatoms. The van der Waals surface area contributed by atoms with E-state index in [9.17, 15) is 19.0 Å². The summed E-state index contributed by atoms with van der Waals surface area (Å²) in [4.78, 5) is 37.7. The molecule has 0 aromatic carbocycles. The van der Waals surface area contributed by atoms with Gasteiger partial charge in [-0.05, 0) is 96.0 Å². The zero-order chi connectivity index (χ0) is 55.7. The number of esters is 1. The van der Waals surface area contributed by atoms with E-state index in [4.69, 9.17) is 13.8 Å². The van der Waals surface area contributed by atoms with Gasteiger partial charge in [0.1, 0.15) is 19.3 Å². The van der Waals surface area contributed by atoms with E-state index in [0.29, 0.717) is 17.4 Å². The monoisotopic (exact) mass is 1080 g/mol. The van der Waals surface area contributed by atoms with E-state index in [-0.39, 0.29) is 37.9 Å². The molecule has 0 radical (unpaired) electrons. The van der Waals surface area contributed by atoms with Crippen molar-refractivity contribution >= 4 is 19.7 Å². The van der Waals surface area contributed by atoms with Crippen LogP contribution in [0.5, 0.6) is 0 Å². The molecule has 0 aliphatic carbocycles. The van der Waals surface area contributed by atoms with Gasteiger partial charge >= 0.3 is 13.8 Å². The summed E-state index contributed by atoms with van der Waals surface area (Å²) in [6, 6.07) is -0.894. The summed E-state index contributed by atoms with van der Waals surface area (Å²) in [5.74, 6) is -0.607. The number of unbranched alkanes of at least 4 members (excludes halogenated alkanes) is 25. The highest BCUT2D eigenvalue weighted by molar-refractivity contribution is 7.47. The lowest BCUT2D eigenvalue weighted by Crippen LogP contribution is -2.47. The van der Waals surface area contributed by atoms with E-state index in [1.807, 2.05) is 39.4 Å². The molecule has 0 aliphatic heterocycles. The Labute approximate surface area is 468 Å². The average molecular weight is 1080 g/mol. The van der Waals surface area contributed by atoms with Gasteiger partial charge in [-0.2, -0.15) is 0 Å².